The van der Waals surface area contributed by atoms with E-state index < -0.39 is 5.91 Å². The number of amides is 2. The van der Waals surface area contributed by atoms with Crippen molar-refractivity contribution in [2.24, 2.45) is 5.41 Å². The zero-order valence-corrected chi connectivity index (χ0v) is 16.2. The van der Waals surface area contributed by atoms with Crippen LogP contribution in [0.25, 0.3) is 0 Å². The van der Waals surface area contributed by atoms with Crippen LogP contribution < -0.4 is 10.4 Å². The third-order valence-corrected chi connectivity index (χ3v) is 5.68. The van der Waals surface area contributed by atoms with Crippen LogP contribution in [-0.4, -0.2) is 28.6 Å². The number of carbonyl (C=O) groups is 2. The Morgan fingerprint density at radius 3 is 2.78 bits per heavy atom. The molecule has 1 saturated heterocycles. The van der Waals surface area contributed by atoms with Crippen LogP contribution in [0.1, 0.15) is 40.0 Å². The first-order valence-electron chi connectivity index (χ1n) is 8.83. The van der Waals surface area contributed by atoms with Crippen LogP contribution in [0, 0.1) is 12.3 Å². The van der Waals surface area contributed by atoms with Crippen LogP contribution in [0.4, 0.5) is 5.69 Å². The minimum Gasteiger partial charge on any atom is -0.312 e. The molecule has 1 aromatic heterocycles. The second kappa shape index (κ2) is 7.32. The van der Waals surface area contributed by atoms with E-state index in [0.29, 0.717) is 12.0 Å². The lowest BCUT2D eigenvalue weighted by Gasteiger charge is -2.33. The summed E-state index contributed by atoms with van der Waals surface area (Å²) >= 11 is 0. The Kier molecular flexibility index (Phi) is 5.26. The highest BCUT2D eigenvalue weighted by Crippen LogP contribution is 2.45. The van der Waals surface area contributed by atoms with Crippen molar-refractivity contribution < 1.29 is 14.8 Å². The van der Waals surface area contributed by atoms with Crippen molar-refractivity contribution in [2.45, 2.75) is 32.6 Å². The SMILES string of the molecule is Cc1cc(N2CC[C@@]3(CCc4cc(C(=O)NO)ccc4C3)C2=O)ccn1.S. The van der Waals surface area contributed by atoms with Crippen molar-refractivity contribution in [3.05, 3.63) is 58.9 Å². The molecule has 2 aliphatic rings. The number of hydrogen-bond acceptors (Lipinski definition) is 4. The van der Waals surface area contributed by atoms with E-state index in [4.69, 9.17) is 5.21 Å². The van der Waals surface area contributed by atoms with Crippen LogP contribution in [0.5, 0.6) is 0 Å². The normalized spacial score (nSPS) is 21.0. The number of hydrogen-bond donors (Lipinski definition) is 2. The smallest absolute Gasteiger partial charge is 0.274 e. The second-order valence-electron chi connectivity index (χ2n) is 7.24. The van der Waals surface area contributed by atoms with Gasteiger partial charge in [-0.3, -0.25) is 19.8 Å². The Bertz CT molecular complexity index is 902. The molecule has 4 rings (SSSR count). The number of nitrogens with one attached hydrogen (secondary N) is 1. The van der Waals surface area contributed by atoms with Gasteiger partial charge < -0.3 is 4.90 Å². The van der Waals surface area contributed by atoms with Gasteiger partial charge in [0.25, 0.3) is 5.91 Å². The lowest BCUT2D eigenvalue weighted by Crippen LogP contribution is -2.38. The van der Waals surface area contributed by atoms with Crippen molar-refractivity contribution in [1.82, 2.24) is 10.5 Å². The number of fused-ring (bicyclic) bond motifs is 1. The number of hydroxylamine groups is 1. The summed E-state index contributed by atoms with van der Waals surface area (Å²) in [5.41, 5.74) is 5.77. The maximum absolute atomic E-state index is 13.2. The summed E-state index contributed by atoms with van der Waals surface area (Å²) < 4.78 is 0. The Morgan fingerprint density at radius 2 is 2.04 bits per heavy atom. The van der Waals surface area contributed by atoms with Gasteiger partial charge in [0.2, 0.25) is 5.91 Å². The Balaban J connectivity index is 0.00000210. The second-order valence-corrected chi connectivity index (χ2v) is 7.24. The molecule has 1 aliphatic heterocycles. The van der Waals surface area contributed by atoms with Crippen molar-refractivity contribution in [3.63, 3.8) is 0 Å². The quantitative estimate of drug-likeness (QED) is 0.615. The van der Waals surface area contributed by atoms with Gasteiger partial charge in [0.1, 0.15) is 0 Å². The molecule has 2 amide bonds. The number of aromatic nitrogens is 1. The van der Waals surface area contributed by atoms with Gasteiger partial charge in [0.05, 0.1) is 5.41 Å². The lowest BCUT2D eigenvalue weighted by atomic mass is 9.70. The molecule has 0 unspecified atom stereocenters. The van der Waals surface area contributed by atoms with E-state index in [1.54, 1.807) is 17.7 Å². The molecule has 0 saturated carbocycles. The first-order chi connectivity index (χ1) is 12.5. The molecule has 1 aromatic carbocycles. The Labute approximate surface area is 165 Å². The first-order valence-corrected chi connectivity index (χ1v) is 8.83. The molecular formula is C20H23N3O3S. The maximum atomic E-state index is 13.2. The summed E-state index contributed by atoms with van der Waals surface area (Å²) in [4.78, 5) is 30.9. The van der Waals surface area contributed by atoms with Gasteiger partial charge in [-0.2, -0.15) is 13.5 Å². The molecule has 0 radical (unpaired) electrons. The highest BCUT2D eigenvalue weighted by atomic mass is 32.1. The Morgan fingerprint density at radius 1 is 1.22 bits per heavy atom. The van der Waals surface area contributed by atoms with Gasteiger partial charge in [-0.25, -0.2) is 5.48 Å². The molecule has 6 nitrogen and oxygen atoms in total. The minimum absolute atomic E-state index is 0. The van der Waals surface area contributed by atoms with E-state index in [1.165, 1.54) is 0 Å². The molecular weight excluding hydrogens is 362 g/mol. The number of benzene rings is 1. The van der Waals surface area contributed by atoms with E-state index in [2.05, 4.69) is 4.98 Å². The van der Waals surface area contributed by atoms with E-state index >= 15 is 0 Å². The molecule has 2 heterocycles. The van der Waals surface area contributed by atoms with E-state index in [9.17, 15) is 9.59 Å². The van der Waals surface area contributed by atoms with Crippen LogP contribution >= 0.6 is 13.5 Å². The van der Waals surface area contributed by atoms with Crippen molar-refractivity contribution in [2.75, 3.05) is 11.4 Å². The number of rotatable bonds is 2. The average molecular weight is 385 g/mol. The molecule has 0 bridgehead atoms. The predicted molar refractivity (Wildman–Crippen MR) is 106 cm³/mol. The summed E-state index contributed by atoms with van der Waals surface area (Å²) in [5.74, 6) is -0.324. The van der Waals surface area contributed by atoms with Crippen molar-refractivity contribution in [3.8, 4) is 0 Å². The topological polar surface area (TPSA) is 82.5 Å². The van der Waals surface area contributed by atoms with Crippen LogP contribution in [0.2, 0.25) is 0 Å². The van der Waals surface area contributed by atoms with Gasteiger partial charge in [-0.05, 0) is 68.0 Å². The molecule has 1 atom stereocenters. The molecule has 2 aromatic rings. The lowest BCUT2D eigenvalue weighted by molar-refractivity contribution is -0.126. The van der Waals surface area contributed by atoms with Crippen LogP contribution in [0.3, 0.4) is 0 Å². The maximum Gasteiger partial charge on any atom is 0.274 e. The number of pyridine rings is 1. The Hall–Kier alpha value is -2.38. The molecule has 7 heteroatoms. The number of carbonyl (C=O) groups excluding carboxylic acids is 2. The van der Waals surface area contributed by atoms with Gasteiger partial charge in [0, 0.05) is 29.7 Å². The summed E-state index contributed by atoms with van der Waals surface area (Å²) in [6.45, 7) is 2.65. The van der Waals surface area contributed by atoms with Gasteiger partial charge in [-0.1, -0.05) is 6.07 Å². The monoisotopic (exact) mass is 385 g/mol. The summed E-state index contributed by atoms with van der Waals surface area (Å²) in [6, 6.07) is 9.27. The standard InChI is InChI=1S/C20H21N3O3.H2S/c1-13-10-17(5-8-21-13)23-9-7-20(19(23)25)6-4-14-11-15(18(24)22-26)2-3-16(14)12-20;/h2-3,5,8,10-11,26H,4,6-7,9,12H2,1H3,(H,22,24);1H2/t20-;/m1./s1. The van der Waals surface area contributed by atoms with E-state index in [-0.39, 0.29) is 24.8 Å². The van der Waals surface area contributed by atoms with Gasteiger partial charge >= 0.3 is 0 Å². The summed E-state index contributed by atoms with van der Waals surface area (Å²) in [7, 11) is 0. The zero-order valence-electron chi connectivity index (χ0n) is 15.2. The summed E-state index contributed by atoms with van der Waals surface area (Å²) in [5, 5.41) is 8.80. The van der Waals surface area contributed by atoms with Crippen LogP contribution in [0.15, 0.2) is 36.5 Å². The number of aryl methyl sites for hydroxylation is 2. The fourth-order valence-corrected chi connectivity index (χ4v) is 4.23. The minimum atomic E-state index is -0.510. The average Bonchev–Trinajstić information content (AvgIpc) is 2.96. The summed E-state index contributed by atoms with van der Waals surface area (Å²) in [6.07, 6.45) is 4.82. The fraction of sp³-hybridized carbons (Fsp3) is 0.350. The molecule has 142 valence electrons. The van der Waals surface area contributed by atoms with Gasteiger partial charge in [0.15, 0.2) is 0 Å². The highest BCUT2D eigenvalue weighted by molar-refractivity contribution is 7.59. The highest BCUT2D eigenvalue weighted by Gasteiger charge is 2.48. The third-order valence-electron chi connectivity index (χ3n) is 5.68. The third kappa shape index (κ3) is 3.33. The van der Waals surface area contributed by atoms with Gasteiger partial charge in [-0.15, -0.1) is 0 Å². The van der Waals surface area contributed by atoms with Crippen molar-refractivity contribution in [1.29, 1.82) is 0 Å². The molecule has 1 aliphatic carbocycles. The van der Waals surface area contributed by atoms with Crippen LogP contribution in [-0.2, 0) is 17.6 Å². The number of anilines is 1. The van der Waals surface area contributed by atoms with Crippen molar-refractivity contribution >= 4 is 31.0 Å². The molecule has 27 heavy (non-hydrogen) atoms. The molecule has 1 spiro atoms. The van der Waals surface area contributed by atoms with E-state index in [1.807, 2.05) is 36.1 Å². The molecule has 1 fully saturated rings. The fourth-order valence-electron chi connectivity index (χ4n) is 4.23. The molecule has 2 N–H and O–H groups in total. The first kappa shape index (κ1) is 19.4. The largest absolute Gasteiger partial charge is 0.312 e. The predicted octanol–water partition coefficient (Wildman–Crippen LogP) is 2.53. The number of nitrogens with zero attached hydrogens (tertiary/aromatic N) is 2. The zero-order chi connectivity index (χ0) is 18.3. The van der Waals surface area contributed by atoms with E-state index in [0.717, 1.165) is 48.3 Å².